The van der Waals surface area contributed by atoms with Gasteiger partial charge >= 0.3 is 6.09 Å². The number of cyclic esters (lactones) is 1. The standard InChI is InChI=1S/C30H37N5O6Si/c1-19-27(42(3,4)23-8-6-22(39-2)7-9-23)26(11-13-34-18-20(12-15-36)32-33-34)41-30(19)24-17-21(35-14-16-40-29(35)38)5-10-25(24)31-28(30)37/h5-10,17-19,26-27,36H,11-16H2,1-4H3,(H,31,37)/t19-,26+,27-,30+/m0/s1. The zero-order valence-electron chi connectivity index (χ0n) is 24.4. The largest absolute Gasteiger partial charge is 0.497 e. The Kier molecular flexibility index (Phi) is 7.32. The minimum atomic E-state index is -2.27. The first-order chi connectivity index (χ1) is 20.2. The zero-order valence-corrected chi connectivity index (χ0v) is 25.4. The van der Waals surface area contributed by atoms with Gasteiger partial charge in [0.1, 0.15) is 12.4 Å². The normalized spacial score (nSPS) is 25.2. The predicted octanol–water partition coefficient (Wildman–Crippen LogP) is 3.04. The van der Waals surface area contributed by atoms with Gasteiger partial charge in [0.05, 0.1) is 33.5 Å². The van der Waals surface area contributed by atoms with E-state index in [1.54, 1.807) is 16.7 Å². The Bertz CT molecular complexity index is 1490. The summed E-state index contributed by atoms with van der Waals surface area (Å²) in [5.41, 5.74) is 1.76. The molecule has 222 valence electrons. The van der Waals surface area contributed by atoms with E-state index in [-0.39, 0.29) is 36.2 Å². The van der Waals surface area contributed by atoms with Gasteiger partial charge < -0.3 is 24.6 Å². The lowest BCUT2D eigenvalue weighted by Gasteiger charge is -2.37. The Morgan fingerprint density at radius 3 is 2.67 bits per heavy atom. The molecule has 6 rings (SSSR count). The van der Waals surface area contributed by atoms with Crippen LogP contribution in [0.15, 0.2) is 48.7 Å². The molecule has 0 radical (unpaired) electrons. The number of aliphatic hydroxyl groups excluding tert-OH is 1. The van der Waals surface area contributed by atoms with Crippen molar-refractivity contribution in [3.8, 4) is 5.75 Å². The number of hydrogen-bond donors (Lipinski definition) is 2. The van der Waals surface area contributed by atoms with E-state index in [9.17, 15) is 14.7 Å². The molecule has 0 saturated carbocycles. The molecule has 3 aliphatic rings. The Balaban J connectivity index is 1.39. The molecule has 1 spiro atoms. The number of aromatic nitrogens is 3. The number of anilines is 2. The van der Waals surface area contributed by atoms with E-state index in [1.807, 2.05) is 36.5 Å². The average Bonchev–Trinajstić information content (AvgIpc) is 3.74. The lowest BCUT2D eigenvalue weighted by atomic mass is 9.82. The van der Waals surface area contributed by atoms with Gasteiger partial charge in [-0.3, -0.25) is 14.4 Å². The van der Waals surface area contributed by atoms with Crippen LogP contribution in [0.25, 0.3) is 0 Å². The Labute approximate surface area is 245 Å². The molecule has 0 aliphatic carbocycles. The van der Waals surface area contributed by atoms with Crippen molar-refractivity contribution in [1.29, 1.82) is 0 Å². The van der Waals surface area contributed by atoms with Crippen LogP contribution >= 0.6 is 0 Å². The molecule has 2 aromatic carbocycles. The van der Waals surface area contributed by atoms with Crippen molar-refractivity contribution in [2.75, 3.05) is 37.1 Å². The smallest absolute Gasteiger partial charge is 0.414 e. The van der Waals surface area contributed by atoms with E-state index in [0.717, 1.165) is 17.0 Å². The van der Waals surface area contributed by atoms with Crippen LogP contribution in [-0.4, -0.2) is 73.1 Å². The first-order valence-electron chi connectivity index (χ1n) is 14.4. The monoisotopic (exact) mass is 591 g/mol. The number of benzene rings is 2. The molecule has 1 aromatic heterocycles. The number of hydrogen-bond acceptors (Lipinski definition) is 8. The van der Waals surface area contributed by atoms with E-state index in [2.05, 4.69) is 47.8 Å². The number of fused-ring (bicyclic) bond motifs is 2. The second-order valence-electron chi connectivity index (χ2n) is 11.8. The van der Waals surface area contributed by atoms with Crippen molar-refractivity contribution in [1.82, 2.24) is 15.0 Å². The summed E-state index contributed by atoms with van der Waals surface area (Å²) >= 11 is 0. The van der Waals surface area contributed by atoms with Gasteiger partial charge in [-0.1, -0.05) is 42.6 Å². The number of nitrogens with zero attached hydrogens (tertiary/aromatic N) is 4. The van der Waals surface area contributed by atoms with Gasteiger partial charge in [0.15, 0.2) is 5.60 Å². The number of nitrogens with one attached hydrogen (secondary N) is 1. The van der Waals surface area contributed by atoms with Crippen LogP contribution in [0.3, 0.4) is 0 Å². The topological polar surface area (TPSA) is 128 Å². The third-order valence-corrected chi connectivity index (χ3v) is 13.6. The van der Waals surface area contributed by atoms with Crippen LogP contribution in [-0.2, 0) is 32.8 Å². The fourth-order valence-corrected chi connectivity index (χ4v) is 11.2. The van der Waals surface area contributed by atoms with Crippen LogP contribution in [0.4, 0.5) is 16.2 Å². The van der Waals surface area contributed by atoms with Gasteiger partial charge in [-0.2, -0.15) is 0 Å². The highest BCUT2D eigenvalue weighted by molar-refractivity contribution is 6.91. The molecule has 4 atom stereocenters. The van der Waals surface area contributed by atoms with Crippen LogP contribution in [0.2, 0.25) is 18.6 Å². The van der Waals surface area contributed by atoms with Gasteiger partial charge in [-0.05, 0) is 42.3 Å². The number of methoxy groups -OCH3 is 1. The van der Waals surface area contributed by atoms with Crippen LogP contribution in [0.1, 0.15) is 24.6 Å². The summed E-state index contributed by atoms with van der Waals surface area (Å²) in [5.74, 6) is 0.465. The van der Waals surface area contributed by atoms with E-state index in [4.69, 9.17) is 14.2 Å². The number of amides is 2. The molecule has 3 aliphatic heterocycles. The minimum absolute atomic E-state index is 0.0137. The summed E-state index contributed by atoms with van der Waals surface area (Å²) in [4.78, 5) is 27.9. The summed E-state index contributed by atoms with van der Waals surface area (Å²) < 4.78 is 19.4. The molecular weight excluding hydrogens is 554 g/mol. The van der Waals surface area contributed by atoms with Crippen LogP contribution < -0.4 is 20.1 Å². The molecule has 2 saturated heterocycles. The summed E-state index contributed by atoms with van der Waals surface area (Å²) in [6.07, 6.45) is 2.30. The third kappa shape index (κ3) is 4.57. The highest BCUT2D eigenvalue weighted by Gasteiger charge is 2.64. The highest BCUT2D eigenvalue weighted by Crippen LogP contribution is 2.59. The van der Waals surface area contributed by atoms with Gasteiger partial charge in [0.25, 0.3) is 5.91 Å². The lowest BCUT2D eigenvalue weighted by Crippen LogP contribution is -2.51. The highest BCUT2D eigenvalue weighted by atomic mass is 28.3. The molecule has 11 nitrogen and oxygen atoms in total. The summed E-state index contributed by atoms with van der Waals surface area (Å²) in [6, 6.07) is 13.9. The maximum atomic E-state index is 14.0. The maximum Gasteiger partial charge on any atom is 0.414 e. The summed E-state index contributed by atoms with van der Waals surface area (Å²) in [6.45, 7) is 8.17. The SMILES string of the molecule is COc1ccc([Si](C)(C)[C@@H]2[C@@H](CCn3cc(CCO)nn3)O[C@]3(C(=O)Nc4ccc(N5CCOC5=O)cc43)[C@H]2C)cc1. The van der Waals surface area contributed by atoms with Gasteiger partial charge in [0, 0.05) is 48.6 Å². The van der Waals surface area contributed by atoms with Crippen molar-refractivity contribution >= 4 is 36.6 Å². The predicted molar refractivity (Wildman–Crippen MR) is 159 cm³/mol. The minimum Gasteiger partial charge on any atom is -0.497 e. The molecular formula is C30H37N5O6Si. The van der Waals surface area contributed by atoms with Crippen molar-refractivity contribution < 1.29 is 28.9 Å². The molecule has 2 N–H and O–H groups in total. The maximum absolute atomic E-state index is 14.0. The van der Waals surface area contributed by atoms with E-state index in [0.29, 0.717) is 43.9 Å². The number of carbonyl (C=O) groups excluding carboxylic acids is 2. The molecule has 42 heavy (non-hydrogen) atoms. The van der Waals surface area contributed by atoms with Crippen molar-refractivity contribution in [3.05, 3.63) is 59.9 Å². The Hall–Kier alpha value is -3.74. The average molecular weight is 592 g/mol. The molecule has 3 aromatic rings. The van der Waals surface area contributed by atoms with Gasteiger partial charge in [-0.15, -0.1) is 5.10 Å². The van der Waals surface area contributed by atoms with Crippen molar-refractivity contribution in [2.45, 2.75) is 56.7 Å². The van der Waals surface area contributed by atoms with Gasteiger partial charge in [0.2, 0.25) is 0 Å². The molecule has 12 heteroatoms. The zero-order chi connectivity index (χ0) is 29.6. The van der Waals surface area contributed by atoms with E-state index in [1.165, 1.54) is 5.19 Å². The summed E-state index contributed by atoms with van der Waals surface area (Å²) in [5, 5.41) is 22.0. The number of aliphatic hydroxyl groups is 1. The van der Waals surface area contributed by atoms with E-state index < -0.39 is 13.7 Å². The second kappa shape index (κ2) is 10.8. The van der Waals surface area contributed by atoms with E-state index >= 15 is 0 Å². The third-order valence-electron chi connectivity index (χ3n) is 9.24. The first-order valence-corrected chi connectivity index (χ1v) is 17.5. The number of aryl methyl sites for hydroxylation is 1. The Morgan fingerprint density at radius 1 is 1.19 bits per heavy atom. The summed E-state index contributed by atoms with van der Waals surface area (Å²) in [7, 11) is -0.613. The van der Waals surface area contributed by atoms with Crippen LogP contribution in [0, 0.1) is 5.92 Å². The number of ether oxygens (including phenoxy) is 3. The Morgan fingerprint density at radius 2 is 1.98 bits per heavy atom. The quantitative estimate of drug-likeness (QED) is 0.364. The number of rotatable bonds is 9. The molecule has 2 amide bonds. The fraction of sp³-hybridized carbons (Fsp3) is 0.467. The molecule has 0 bridgehead atoms. The first kappa shape index (κ1) is 28.4. The molecule has 4 heterocycles. The lowest BCUT2D eigenvalue weighted by molar-refractivity contribution is -0.143. The van der Waals surface area contributed by atoms with Crippen LogP contribution in [0.5, 0.6) is 5.75 Å². The second-order valence-corrected chi connectivity index (χ2v) is 16.5. The molecule has 2 fully saturated rings. The van der Waals surface area contributed by atoms with Crippen molar-refractivity contribution in [3.63, 3.8) is 0 Å². The fourth-order valence-electron chi connectivity index (χ4n) is 7.12. The number of carbonyl (C=O) groups is 2. The molecule has 0 unspecified atom stereocenters. The van der Waals surface area contributed by atoms with Gasteiger partial charge in [-0.25, -0.2) is 4.79 Å². The van der Waals surface area contributed by atoms with Crippen molar-refractivity contribution in [2.24, 2.45) is 5.92 Å².